The second kappa shape index (κ2) is 9.03. The van der Waals surface area contributed by atoms with Gasteiger partial charge in [0.1, 0.15) is 18.0 Å². The van der Waals surface area contributed by atoms with Gasteiger partial charge in [-0.25, -0.2) is 0 Å². The van der Waals surface area contributed by atoms with E-state index in [4.69, 9.17) is 31.5 Å². The number of primary amides is 1. The Balaban J connectivity index is 2.06. The molecule has 138 valence electrons. The molecule has 1 aliphatic rings. The van der Waals surface area contributed by atoms with E-state index < -0.39 is 11.5 Å². The number of methoxy groups -OCH3 is 1. The maximum atomic E-state index is 12.3. The van der Waals surface area contributed by atoms with Crippen LogP contribution in [0.15, 0.2) is 24.3 Å². The van der Waals surface area contributed by atoms with E-state index in [1.165, 1.54) is 0 Å². The van der Waals surface area contributed by atoms with E-state index in [9.17, 15) is 9.59 Å². The van der Waals surface area contributed by atoms with Crippen molar-refractivity contribution in [1.82, 2.24) is 4.90 Å². The first-order valence-electron chi connectivity index (χ1n) is 8.01. The maximum Gasteiger partial charge on any atom is 0.225 e. The van der Waals surface area contributed by atoms with Gasteiger partial charge in [0.05, 0.1) is 32.6 Å². The van der Waals surface area contributed by atoms with Gasteiger partial charge in [0, 0.05) is 18.7 Å². The molecule has 1 aromatic carbocycles. The topological polar surface area (TPSA) is 91.1 Å². The van der Waals surface area contributed by atoms with Crippen molar-refractivity contribution in [2.75, 3.05) is 40.0 Å². The summed E-state index contributed by atoms with van der Waals surface area (Å²) >= 11 is 5.86. The minimum Gasteiger partial charge on any atom is -0.490 e. The van der Waals surface area contributed by atoms with Crippen LogP contribution >= 0.6 is 11.6 Å². The number of benzene rings is 1. The van der Waals surface area contributed by atoms with Crippen LogP contribution in [0.4, 0.5) is 0 Å². The molecule has 25 heavy (non-hydrogen) atoms. The van der Waals surface area contributed by atoms with Crippen LogP contribution < -0.4 is 10.5 Å². The lowest BCUT2D eigenvalue weighted by atomic mass is 9.97. The normalized spacial score (nSPS) is 20.3. The SMILES string of the molecule is COCCC(=O)N1CCOC(COc2ccc(Cl)cc2)(CC(N)=O)C1. The second-order valence-electron chi connectivity index (χ2n) is 5.98. The third-order valence-corrected chi connectivity index (χ3v) is 4.19. The number of hydrogen-bond acceptors (Lipinski definition) is 5. The predicted molar refractivity (Wildman–Crippen MR) is 92.5 cm³/mol. The van der Waals surface area contributed by atoms with Gasteiger partial charge in [-0.2, -0.15) is 0 Å². The Kier molecular flexibility index (Phi) is 7.04. The summed E-state index contributed by atoms with van der Waals surface area (Å²) in [5, 5.41) is 0.600. The van der Waals surface area contributed by atoms with Crippen LogP contribution in [-0.4, -0.2) is 62.3 Å². The molecule has 0 radical (unpaired) electrons. The van der Waals surface area contributed by atoms with Crippen molar-refractivity contribution < 1.29 is 23.8 Å². The number of rotatable bonds is 8. The summed E-state index contributed by atoms with van der Waals surface area (Å²) in [5.41, 5.74) is 4.42. The van der Waals surface area contributed by atoms with Crippen LogP contribution in [0, 0.1) is 0 Å². The zero-order chi connectivity index (χ0) is 18.3. The molecular weight excluding hydrogens is 348 g/mol. The molecule has 0 saturated carbocycles. The smallest absolute Gasteiger partial charge is 0.225 e. The number of carbonyl (C=O) groups excluding carboxylic acids is 2. The van der Waals surface area contributed by atoms with E-state index in [1.54, 1.807) is 36.3 Å². The summed E-state index contributed by atoms with van der Waals surface area (Å²) in [6.07, 6.45) is 0.246. The van der Waals surface area contributed by atoms with Crippen molar-refractivity contribution in [3.8, 4) is 5.75 Å². The summed E-state index contributed by atoms with van der Waals surface area (Å²) < 4.78 is 16.5. The molecule has 0 aliphatic carbocycles. The van der Waals surface area contributed by atoms with E-state index in [1.807, 2.05) is 0 Å². The van der Waals surface area contributed by atoms with E-state index in [2.05, 4.69) is 0 Å². The predicted octanol–water partition coefficient (Wildman–Crippen LogP) is 1.23. The monoisotopic (exact) mass is 370 g/mol. The first kappa shape index (κ1) is 19.5. The Morgan fingerprint density at radius 1 is 1.36 bits per heavy atom. The molecule has 2 N–H and O–H groups in total. The van der Waals surface area contributed by atoms with Crippen LogP contribution in [0.25, 0.3) is 0 Å². The van der Waals surface area contributed by atoms with E-state index >= 15 is 0 Å². The molecule has 1 heterocycles. The fourth-order valence-electron chi connectivity index (χ4n) is 2.71. The standard InChI is InChI=1S/C17H23ClN2O5/c1-23-8-6-16(22)20-7-9-25-17(11-20,10-15(19)21)12-24-14-4-2-13(18)3-5-14/h2-5H,6-12H2,1H3,(H2,19,21). The number of amides is 2. The third-order valence-electron chi connectivity index (χ3n) is 3.93. The largest absolute Gasteiger partial charge is 0.490 e. The molecular formula is C17H23ClN2O5. The van der Waals surface area contributed by atoms with Crippen LogP contribution in [-0.2, 0) is 19.1 Å². The summed E-state index contributed by atoms with van der Waals surface area (Å²) in [5.74, 6) is 0.0380. The lowest BCUT2D eigenvalue weighted by Crippen LogP contribution is -2.58. The number of hydrogen-bond donors (Lipinski definition) is 1. The van der Waals surface area contributed by atoms with Crippen LogP contribution in [0.3, 0.4) is 0 Å². The fourth-order valence-corrected chi connectivity index (χ4v) is 2.84. The van der Waals surface area contributed by atoms with Crippen molar-refractivity contribution in [3.05, 3.63) is 29.3 Å². The molecule has 0 aromatic heterocycles. The van der Waals surface area contributed by atoms with Crippen molar-refractivity contribution >= 4 is 23.4 Å². The maximum absolute atomic E-state index is 12.3. The summed E-state index contributed by atoms with van der Waals surface area (Å²) in [4.78, 5) is 25.4. The highest BCUT2D eigenvalue weighted by Crippen LogP contribution is 2.25. The van der Waals surface area contributed by atoms with Gasteiger partial charge < -0.3 is 24.8 Å². The number of nitrogens with zero attached hydrogens (tertiary/aromatic N) is 1. The molecule has 1 aromatic rings. The molecule has 1 aliphatic heterocycles. The first-order valence-corrected chi connectivity index (χ1v) is 8.39. The van der Waals surface area contributed by atoms with Crippen molar-refractivity contribution in [2.24, 2.45) is 5.73 Å². The second-order valence-corrected chi connectivity index (χ2v) is 6.41. The van der Waals surface area contributed by atoms with Crippen molar-refractivity contribution in [3.63, 3.8) is 0 Å². The lowest BCUT2D eigenvalue weighted by molar-refractivity contribution is -0.162. The summed E-state index contributed by atoms with van der Waals surface area (Å²) in [6, 6.07) is 6.87. The van der Waals surface area contributed by atoms with Gasteiger partial charge in [-0.15, -0.1) is 0 Å². The first-order chi connectivity index (χ1) is 11.9. The number of ether oxygens (including phenoxy) is 3. The highest BCUT2D eigenvalue weighted by Gasteiger charge is 2.40. The van der Waals surface area contributed by atoms with Gasteiger partial charge >= 0.3 is 0 Å². The molecule has 1 atom stereocenters. The van der Waals surface area contributed by atoms with Crippen LogP contribution in [0.2, 0.25) is 5.02 Å². The highest BCUT2D eigenvalue weighted by molar-refractivity contribution is 6.30. The van der Waals surface area contributed by atoms with Crippen LogP contribution in [0.1, 0.15) is 12.8 Å². The number of nitrogens with two attached hydrogens (primary N) is 1. The number of carbonyl (C=O) groups is 2. The van der Waals surface area contributed by atoms with Crippen molar-refractivity contribution in [1.29, 1.82) is 0 Å². The molecule has 1 fully saturated rings. The minimum absolute atomic E-state index is 0.0331. The Morgan fingerprint density at radius 3 is 2.72 bits per heavy atom. The summed E-state index contributed by atoms with van der Waals surface area (Å²) in [6.45, 7) is 1.47. The number of halogens is 1. The zero-order valence-corrected chi connectivity index (χ0v) is 15.0. The van der Waals surface area contributed by atoms with Gasteiger partial charge in [0.2, 0.25) is 11.8 Å². The quantitative estimate of drug-likeness (QED) is 0.743. The Hall–Kier alpha value is -1.83. The number of morpholine rings is 1. The Labute approximate surface area is 152 Å². The van der Waals surface area contributed by atoms with E-state index in [0.717, 1.165) is 0 Å². The fraction of sp³-hybridized carbons (Fsp3) is 0.529. The van der Waals surface area contributed by atoms with Gasteiger partial charge in [-0.3, -0.25) is 9.59 Å². The lowest BCUT2D eigenvalue weighted by Gasteiger charge is -2.42. The average Bonchev–Trinajstić information content (AvgIpc) is 2.59. The molecule has 1 unspecified atom stereocenters. The zero-order valence-electron chi connectivity index (χ0n) is 14.2. The molecule has 8 heteroatoms. The molecule has 2 rings (SSSR count). The van der Waals surface area contributed by atoms with Crippen molar-refractivity contribution in [2.45, 2.75) is 18.4 Å². The van der Waals surface area contributed by atoms with Gasteiger partial charge in [0.15, 0.2) is 0 Å². The average molecular weight is 371 g/mol. The third kappa shape index (κ3) is 5.88. The minimum atomic E-state index is -0.966. The van der Waals surface area contributed by atoms with Gasteiger partial charge in [-0.05, 0) is 24.3 Å². The highest BCUT2D eigenvalue weighted by atomic mass is 35.5. The Bertz CT molecular complexity index is 595. The Morgan fingerprint density at radius 2 is 2.08 bits per heavy atom. The van der Waals surface area contributed by atoms with E-state index in [0.29, 0.717) is 30.5 Å². The van der Waals surface area contributed by atoms with Gasteiger partial charge in [0.25, 0.3) is 0 Å². The molecule has 0 spiro atoms. The van der Waals surface area contributed by atoms with Crippen LogP contribution in [0.5, 0.6) is 5.75 Å². The summed E-state index contributed by atoms with van der Waals surface area (Å²) in [7, 11) is 1.55. The molecule has 7 nitrogen and oxygen atoms in total. The molecule has 1 saturated heterocycles. The van der Waals surface area contributed by atoms with Gasteiger partial charge in [-0.1, -0.05) is 11.6 Å². The van der Waals surface area contributed by atoms with E-state index in [-0.39, 0.29) is 31.9 Å². The molecule has 0 bridgehead atoms. The molecule has 2 amide bonds.